The minimum Gasteiger partial charge on any atom is -0.465 e. The monoisotopic (exact) mass is 445 g/mol. The van der Waals surface area contributed by atoms with Crippen molar-refractivity contribution in [2.45, 2.75) is 6.92 Å². The lowest BCUT2D eigenvalue weighted by Gasteiger charge is -2.17. The molecule has 0 spiro atoms. The highest BCUT2D eigenvalue weighted by Crippen LogP contribution is 2.21. The highest BCUT2D eigenvalue weighted by atomic mass is 16.5. The molecule has 9 nitrogen and oxygen atoms in total. The average Bonchev–Trinajstić information content (AvgIpc) is 2.84. The van der Waals surface area contributed by atoms with E-state index < -0.39 is 17.8 Å². The van der Waals surface area contributed by atoms with Crippen molar-refractivity contribution >= 4 is 35.2 Å². The molecular formula is C24H23N5O4. The minimum atomic E-state index is -1.10. The molecule has 0 saturated heterocycles. The second kappa shape index (κ2) is 10.8. The molecule has 1 amide bonds. The topological polar surface area (TPSA) is 114 Å². The van der Waals surface area contributed by atoms with E-state index >= 15 is 0 Å². The van der Waals surface area contributed by atoms with Crippen LogP contribution in [0.2, 0.25) is 0 Å². The fourth-order valence-corrected chi connectivity index (χ4v) is 3.08. The fourth-order valence-electron chi connectivity index (χ4n) is 3.08. The van der Waals surface area contributed by atoms with Crippen LogP contribution in [0.25, 0.3) is 11.3 Å². The van der Waals surface area contributed by atoms with E-state index in [1.165, 1.54) is 12.1 Å². The predicted molar refractivity (Wildman–Crippen MR) is 125 cm³/mol. The highest BCUT2D eigenvalue weighted by molar-refractivity contribution is 6.18. The number of nitrogens with zero attached hydrogens (tertiary/aromatic N) is 4. The summed E-state index contributed by atoms with van der Waals surface area (Å²) >= 11 is 0. The zero-order valence-electron chi connectivity index (χ0n) is 18.4. The summed E-state index contributed by atoms with van der Waals surface area (Å²) in [4.78, 5) is 44.6. The van der Waals surface area contributed by atoms with Gasteiger partial charge < -0.3 is 14.8 Å². The molecule has 2 aromatic carbocycles. The van der Waals surface area contributed by atoms with E-state index in [2.05, 4.69) is 20.4 Å². The van der Waals surface area contributed by atoms with Gasteiger partial charge in [0.05, 0.1) is 36.0 Å². The molecule has 1 aromatic heterocycles. The lowest BCUT2D eigenvalue weighted by atomic mass is 10.1. The Hall–Kier alpha value is -4.40. The van der Waals surface area contributed by atoms with Crippen LogP contribution < -0.4 is 10.3 Å². The molecule has 0 radical (unpaired) electrons. The first-order chi connectivity index (χ1) is 15.9. The highest BCUT2D eigenvalue weighted by Gasteiger charge is 2.22. The number of amides is 1. The maximum Gasteiger partial charge on any atom is 0.337 e. The molecular weight excluding hydrogens is 422 g/mol. The Morgan fingerprint density at radius 1 is 1.15 bits per heavy atom. The van der Waals surface area contributed by atoms with E-state index in [4.69, 9.17) is 4.74 Å². The van der Waals surface area contributed by atoms with Crippen LogP contribution in [-0.4, -0.2) is 48.0 Å². The summed E-state index contributed by atoms with van der Waals surface area (Å²) in [5, 5.41) is 8.60. The maximum atomic E-state index is 12.8. The van der Waals surface area contributed by atoms with Crippen LogP contribution in [0.1, 0.15) is 17.3 Å². The number of ether oxygens (including phenoxy) is 1. The summed E-state index contributed by atoms with van der Waals surface area (Å²) in [5.74, 6) is -2.09. The van der Waals surface area contributed by atoms with Crippen LogP contribution in [0.4, 0.5) is 11.4 Å². The van der Waals surface area contributed by atoms with Gasteiger partial charge in [-0.3, -0.25) is 19.8 Å². The smallest absolute Gasteiger partial charge is 0.337 e. The normalized spacial score (nSPS) is 11.9. The van der Waals surface area contributed by atoms with Crippen LogP contribution in [-0.2, 0) is 14.3 Å². The average molecular weight is 445 g/mol. The third kappa shape index (κ3) is 5.85. The molecule has 3 rings (SSSR count). The van der Waals surface area contributed by atoms with Crippen LogP contribution >= 0.6 is 0 Å². The first-order valence-corrected chi connectivity index (χ1v) is 10.0. The third-order valence-electron chi connectivity index (χ3n) is 4.81. The van der Waals surface area contributed by atoms with Crippen LogP contribution in [0.3, 0.4) is 0 Å². The van der Waals surface area contributed by atoms with Crippen molar-refractivity contribution in [1.82, 2.24) is 9.97 Å². The summed E-state index contributed by atoms with van der Waals surface area (Å²) in [6.45, 7) is 1.59. The lowest BCUT2D eigenvalue weighted by Crippen LogP contribution is -2.31. The number of hydrogen-bond acceptors (Lipinski definition) is 8. The Morgan fingerprint density at radius 3 is 2.64 bits per heavy atom. The number of nitrogens with one attached hydrogen (secondary N) is 1. The molecule has 0 aliphatic rings. The number of carbonyl (C=O) groups is 3. The van der Waals surface area contributed by atoms with Crippen LogP contribution in [0, 0.1) is 5.92 Å². The van der Waals surface area contributed by atoms with E-state index in [1.54, 1.807) is 75.0 Å². The lowest BCUT2D eigenvalue weighted by molar-refractivity contribution is -0.122. The van der Waals surface area contributed by atoms with Gasteiger partial charge in [0.2, 0.25) is 5.91 Å². The van der Waals surface area contributed by atoms with Gasteiger partial charge in [-0.2, -0.15) is 5.10 Å². The van der Waals surface area contributed by atoms with Gasteiger partial charge in [0.1, 0.15) is 12.2 Å². The molecule has 33 heavy (non-hydrogen) atoms. The number of benzene rings is 2. The number of hydrazone groups is 1. The Kier molecular flexibility index (Phi) is 7.59. The van der Waals surface area contributed by atoms with Gasteiger partial charge >= 0.3 is 5.97 Å². The molecule has 0 bridgehead atoms. The van der Waals surface area contributed by atoms with Gasteiger partial charge in [-0.15, -0.1) is 0 Å². The molecule has 1 unspecified atom stereocenters. The molecule has 0 aliphatic carbocycles. The minimum absolute atomic E-state index is 0.290. The molecule has 0 fully saturated rings. The standard InChI is InChI=1S/C24H23N5O4/c1-16(28-29(2)20-9-5-7-18(13-20)24(32)33-3)21(15-30)23(31)27-19-8-4-6-17(12-19)22-14-25-10-11-26-22/h4-15,21H,1-3H3,(H,27,31)/b28-16-. The first-order valence-electron chi connectivity index (χ1n) is 10.0. The van der Waals surface area contributed by atoms with Crippen LogP contribution in [0.5, 0.6) is 0 Å². The number of carbonyl (C=O) groups excluding carboxylic acids is 3. The Balaban J connectivity index is 1.75. The van der Waals surface area contributed by atoms with Gasteiger partial charge in [-0.1, -0.05) is 18.2 Å². The zero-order valence-corrected chi connectivity index (χ0v) is 18.4. The molecule has 0 saturated carbocycles. The molecule has 3 aromatic rings. The van der Waals surface area contributed by atoms with Gasteiger partial charge in [0.15, 0.2) is 0 Å². The number of anilines is 2. The molecule has 1 heterocycles. The Labute approximate surface area is 191 Å². The summed E-state index contributed by atoms with van der Waals surface area (Å²) in [7, 11) is 2.96. The molecule has 1 N–H and O–H groups in total. The van der Waals surface area contributed by atoms with E-state index in [-0.39, 0.29) is 0 Å². The van der Waals surface area contributed by atoms with Gasteiger partial charge in [0.25, 0.3) is 0 Å². The van der Waals surface area contributed by atoms with Crippen molar-refractivity contribution in [2.24, 2.45) is 11.0 Å². The van der Waals surface area contributed by atoms with E-state index in [1.807, 2.05) is 6.07 Å². The number of aldehydes is 1. The number of methoxy groups -OCH3 is 1. The molecule has 9 heteroatoms. The Bertz CT molecular complexity index is 1180. The molecule has 0 aliphatic heterocycles. The summed E-state index contributed by atoms with van der Waals surface area (Å²) < 4.78 is 4.73. The van der Waals surface area contributed by atoms with Crippen molar-refractivity contribution in [2.75, 3.05) is 24.5 Å². The number of aromatic nitrogens is 2. The Morgan fingerprint density at radius 2 is 1.94 bits per heavy atom. The summed E-state index contributed by atoms with van der Waals surface area (Å²) in [6, 6.07) is 13.8. The van der Waals surface area contributed by atoms with Crippen molar-refractivity contribution in [1.29, 1.82) is 0 Å². The maximum absolute atomic E-state index is 12.8. The van der Waals surface area contributed by atoms with Crippen molar-refractivity contribution in [3.63, 3.8) is 0 Å². The van der Waals surface area contributed by atoms with E-state index in [9.17, 15) is 14.4 Å². The number of esters is 1. The fraction of sp³-hybridized carbons (Fsp3) is 0.167. The van der Waals surface area contributed by atoms with Gasteiger partial charge in [0, 0.05) is 30.7 Å². The van der Waals surface area contributed by atoms with E-state index in [0.29, 0.717) is 34.6 Å². The molecule has 1 atom stereocenters. The summed E-state index contributed by atoms with van der Waals surface area (Å²) in [5.41, 5.74) is 3.20. The van der Waals surface area contributed by atoms with E-state index in [0.717, 1.165) is 5.56 Å². The second-order valence-corrected chi connectivity index (χ2v) is 7.08. The van der Waals surface area contributed by atoms with Gasteiger partial charge in [-0.25, -0.2) is 4.79 Å². The van der Waals surface area contributed by atoms with Crippen molar-refractivity contribution in [3.8, 4) is 11.3 Å². The number of rotatable bonds is 8. The third-order valence-corrected chi connectivity index (χ3v) is 4.81. The van der Waals surface area contributed by atoms with Crippen molar-refractivity contribution in [3.05, 3.63) is 72.7 Å². The zero-order chi connectivity index (χ0) is 23.8. The second-order valence-electron chi connectivity index (χ2n) is 7.08. The predicted octanol–water partition coefficient (Wildman–Crippen LogP) is 3.20. The number of hydrogen-bond donors (Lipinski definition) is 1. The largest absolute Gasteiger partial charge is 0.465 e. The van der Waals surface area contributed by atoms with Crippen molar-refractivity contribution < 1.29 is 19.1 Å². The first kappa shape index (κ1) is 23.3. The van der Waals surface area contributed by atoms with Crippen LogP contribution in [0.15, 0.2) is 72.2 Å². The van der Waals surface area contributed by atoms with Gasteiger partial charge in [-0.05, 0) is 37.3 Å². The molecule has 168 valence electrons. The quantitative estimate of drug-likeness (QED) is 0.186. The SMILES string of the molecule is COC(=O)c1cccc(N(C)/N=C(/C)C(C=O)C(=O)Nc2cccc(-c3cnccn3)c2)c1. The summed E-state index contributed by atoms with van der Waals surface area (Å²) in [6.07, 6.45) is 5.32.